The van der Waals surface area contributed by atoms with E-state index in [9.17, 15) is 19.0 Å². The van der Waals surface area contributed by atoms with E-state index in [1.807, 2.05) is 0 Å². The van der Waals surface area contributed by atoms with Crippen LogP contribution in [0, 0.1) is 0 Å². The Kier molecular flexibility index (Phi) is 55.6. The third-order valence-electron chi connectivity index (χ3n) is 13.6. The van der Waals surface area contributed by atoms with E-state index in [0.717, 1.165) is 51.4 Å². The van der Waals surface area contributed by atoms with Crippen molar-refractivity contribution >= 4 is 19.8 Å². The summed E-state index contributed by atoms with van der Waals surface area (Å²) in [6.45, 7) is 3.78. The molecule has 0 radical (unpaired) electrons. The second-order valence-corrected chi connectivity index (χ2v) is 22.0. The summed E-state index contributed by atoms with van der Waals surface area (Å²) in [5.74, 6) is -0.821. The molecule has 0 bridgehead atoms. The van der Waals surface area contributed by atoms with Crippen molar-refractivity contribution in [2.24, 2.45) is 5.73 Å². The van der Waals surface area contributed by atoms with Crippen LogP contribution in [-0.2, 0) is 32.7 Å². The Bertz CT molecular complexity index is 1200. The van der Waals surface area contributed by atoms with Crippen molar-refractivity contribution in [3.05, 3.63) is 24.3 Å². The average molecular weight is 1010 g/mol. The number of unbranched alkanes of at least 4 members (excludes halogenated alkanes) is 41. The molecule has 0 spiro atoms. The number of phosphoric ester groups is 1. The Balaban J connectivity index is 3.83. The van der Waals surface area contributed by atoms with Gasteiger partial charge in [0.1, 0.15) is 6.61 Å². The highest BCUT2D eigenvalue weighted by atomic mass is 31.2. The fourth-order valence-electron chi connectivity index (χ4n) is 9.04. The molecule has 0 saturated heterocycles. The largest absolute Gasteiger partial charge is 0.472 e. The number of ether oxygens (including phenoxy) is 2. The van der Waals surface area contributed by atoms with Gasteiger partial charge in [0.25, 0.3) is 0 Å². The van der Waals surface area contributed by atoms with Gasteiger partial charge in [-0.2, -0.15) is 0 Å². The highest BCUT2D eigenvalue weighted by Crippen LogP contribution is 2.43. The summed E-state index contributed by atoms with van der Waals surface area (Å²) in [7, 11) is -4.38. The predicted molar refractivity (Wildman–Crippen MR) is 298 cm³/mol. The van der Waals surface area contributed by atoms with E-state index in [4.69, 9.17) is 24.3 Å². The number of carbonyl (C=O) groups excluding carboxylic acids is 2. The fourth-order valence-corrected chi connectivity index (χ4v) is 9.81. The lowest BCUT2D eigenvalue weighted by molar-refractivity contribution is -0.161. The second-order valence-electron chi connectivity index (χ2n) is 20.6. The van der Waals surface area contributed by atoms with E-state index < -0.39 is 26.5 Å². The molecule has 0 aliphatic carbocycles. The molecule has 0 aromatic carbocycles. The number of allylic oxidation sites excluding steroid dienone is 4. The van der Waals surface area contributed by atoms with Crippen LogP contribution < -0.4 is 5.73 Å². The van der Waals surface area contributed by atoms with Crippen LogP contribution in [0.5, 0.6) is 0 Å². The monoisotopic (exact) mass is 1010 g/mol. The molecule has 0 aromatic rings. The Morgan fingerprint density at radius 3 is 1.01 bits per heavy atom. The van der Waals surface area contributed by atoms with Crippen LogP contribution >= 0.6 is 7.82 Å². The Labute approximate surface area is 433 Å². The predicted octanol–water partition coefficient (Wildman–Crippen LogP) is 19.0. The van der Waals surface area contributed by atoms with E-state index in [-0.39, 0.29) is 38.6 Å². The highest BCUT2D eigenvalue weighted by molar-refractivity contribution is 7.47. The smallest absolute Gasteiger partial charge is 0.462 e. The lowest BCUT2D eigenvalue weighted by Crippen LogP contribution is -2.29. The van der Waals surface area contributed by atoms with Gasteiger partial charge in [0, 0.05) is 19.4 Å². The van der Waals surface area contributed by atoms with E-state index in [2.05, 4.69) is 38.2 Å². The molecule has 2 atom stereocenters. The maximum Gasteiger partial charge on any atom is 0.472 e. The Morgan fingerprint density at radius 2 is 0.700 bits per heavy atom. The van der Waals surface area contributed by atoms with Crippen LogP contribution in [0.3, 0.4) is 0 Å². The zero-order valence-corrected chi connectivity index (χ0v) is 47.2. The molecule has 0 rings (SSSR count). The van der Waals surface area contributed by atoms with Crippen LogP contribution in [0.1, 0.15) is 316 Å². The van der Waals surface area contributed by atoms with Crippen molar-refractivity contribution in [2.75, 3.05) is 26.4 Å². The minimum Gasteiger partial charge on any atom is -0.462 e. The minimum atomic E-state index is -4.38. The van der Waals surface area contributed by atoms with Gasteiger partial charge in [0.2, 0.25) is 0 Å². The Hall–Kier alpha value is -1.51. The molecule has 9 nitrogen and oxygen atoms in total. The number of esters is 2. The molecular formula is C60H116NO8P. The van der Waals surface area contributed by atoms with Gasteiger partial charge >= 0.3 is 19.8 Å². The summed E-state index contributed by atoms with van der Waals surface area (Å²) >= 11 is 0. The van der Waals surface area contributed by atoms with Crippen LogP contribution in [0.2, 0.25) is 0 Å². The zero-order chi connectivity index (χ0) is 51.0. The highest BCUT2D eigenvalue weighted by Gasteiger charge is 2.26. The molecule has 0 amide bonds. The summed E-state index contributed by atoms with van der Waals surface area (Å²) in [5.41, 5.74) is 5.38. The molecular weight excluding hydrogens is 894 g/mol. The molecule has 3 N–H and O–H groups in total. The topological polar surface area (TPSA) is 134 Å². The first kappa shape index (κ1) is 68.5. The van der Waals surface area contributed by atoms with Crippen LogP contribution in [-0.4, -0.2) is 49.3 Å². The summed E-state index contributed by atoms with van der Waals surface area (Å²) < 4.78 is 33.0. The molecule has 70 heavy (non-hydrogen) atoms. The zero-order valence-electron chi connectivity index (χ0n) is 46.3. The summed E-state index contributed by atoms with van der Waals surface area (Å²) in [6, 6.07) is 0. The van der Waals surface area contributed by atoms with Crippen molar-refractivity contribution in [2.45, 2.75) is 322 Å². The van der Waals surface area contributed by atoms with Crippen LogP contribution in [0.25, 0.3) is 0 Å². The average Bonchev–Trinajstić information content (AvgIpc) is 3.35. The molecule has 10 heteroatoms. The molecule has 0 aliphatic rings. The second kappa shape index (κ2) is 56.8. The molecule has 0 saturated carbocycles. The third-order valence-corrected chi connectivity index (χ3v) is 14.5. The number of nitrogens with two attached hydrogens (primary N) is 1. The number of rotatable bonds is 58. The third kappa shape index (κ3) is 55.8. The van der Waals surface area contributed by atoms with Gasteiger partial charge in [-0.25, -0.2) is 4.57 Å². The number of hydrogen-bond donors (Lipinski definition) is 2. The molecule has 0 aliphatic heterocycles. The van der Waals surface area contributed by atoms with Crippen LogP contribution in [0.15, 0.2) is 24.3 Å². The summed E-state index contributed by atoms with van der Waals surface area (Å²) in [4.78, 5) is 35.1. The number of hydrogen-bond acceptors (Lipinski definition) is 8. The first-order valence-electron chi connectivity index (χ1n) is 30.3. The molecule has 2 unspecified atom stereocenters. The SMILES string of the molecule is CCCCCCCCC/C=C\CCCCCCCC(=O)OCC(COP(=O)(O)OCCN)OC(=O)CCCCCCCCCCCCCCCCCCCCCCC/C=C\CCCCCCCCCC. The van der Waals surface area contributed by atoms with Gasteiger partial charge in [-0.15, -0.1) is 0 Å². The minimum absolute atomic E-state index is 0.0547. The first-order chi connectivity index (χ1) is 34.3. The summed E-state index contributed by atoms with van der Waals surface area (Å²) in [5, 5.41) is 0. The molecule has 0 aromatic heterocycles. The lowest BCUT2D eigenvalue weighted by atomic mass is 10.0. The van der Waals surface area contributed by atoms with Gasteiger partial charge in [0.05, 0.1) is 13.2 Å². The van der Waals surface area contributed by atoms with E-state index in [1.54, 1.807) is 0 Å². The molecule has 414 valence electrons. The maximum atomic E-state index is 12.7. The normalized spacial score (nSPS) is 13.1. The van der Waals surface area contributed by atoms with Crippen LogP contribution in [0.4, 0.5) is 0 Å². The van der Waals surface area contributed by atoms with Gasteiger partial charge < -0.3 is 20.1 Å². The lowest BCUT2D eigenvalue weighted by Gasteiger charge is -2.19. The fraction of sp³-hybridized carbons (Fsp3) is 0.900. The van der Waals surface area contributed by atoms with Gasteiger partial charge in [-0.1, -0.05) is 263 Å². The van der Waals surface area contributed by atoms with Gasteiger partial charge in [-0.05, 0) is 64.2 Å². The quantitative estimate of drug-likeness (QED) is 0.0264. The van der Waals surface area contributed by atoms with Gasteiger partial charge in [-0.3, -0.25) is 18.6 Å². The standard InChI is InChI=1S/C60H116NO8P/c1-3-5-7-9-11-13-15-17-19-21-22-23-24-25-26-27-28-29-30-31-32-33-34-35-36-37-39-41-43-45-47-49-51-53-60(63)69-58(57-68-70(64,65)67-55-54-61)56-66-59(62)52-50-48-46-44-42-40-38-20-18-16-14-12-10-8-6-4-2/h20-22,38,58H,3-19,23-37,39-57,61H2,1-2H3,(H,64,65)/b22-21-,38-20-. The Morgan fingerprint density at radius 1 is 0.414 bits per heavy atom. The van der Waals surface area contributed by atoms with Crippen molar-refractivity contribution in [3.8, 4) is 0 Å². The maximum absolute atomic E-state index is 12.7. The van der Waals surface area contributed by atoms with Crippen molar-refractivity contribution in [3.63, 3.8) is 0 Å². The van der Waals surface area contributed by atoms with E-state index in [0.29, 0.717) is 6.42 Å². The van der Waals surface area contributed by atoms with E-state index in [1.165, 1.54) is 231 Å². The van der Waals surface area contributed by atoms with E-state index >= 15 is 0 Å². The first-order valence-corrected chi connectivity index (χ1v) is 31.8. The molecule has 0 fully saturated rings. The van der Waals surface area contributed by atoms with Gasteiger partial charge in [0.15, 0.2) is 6.10 Å². The summed E-state index contributed by atoms with van der Waals surface area (Å²) in [6.07, 6.45) is 66.9. The molecule has 0 heterocycles. The number of phosphoric acid groups is 1. The van der Waals surface area contributed by atoms with Crippen molar-refractivity contribution < 1.29 is 37.6 Å². The number of carbonyl (C=O) groups is 2. The van der Waals surface area contributed by atoms with Crippen molar-refractivity contribution in [1.29, 1.82) is 0 Å². The van der Waals surface area contributed by atoms with Crippen molar-refractivity contribution in [1.82, 2.24) is 0 Å².